The first-order chi connectivity index (χ1) is 12.4. The number of amides is 1. The van der Waals surface area contributed by atoms with E-state index in [2.05, 4.69) is 5.32 Å². The quantitative estimate of drug-likeness (QED) is 0.843. The fourth-order valence-electron chi connectivity index (χ4n) is 2.85. The van der Waals surface area contributed by atoms with Crippen molar-refractivity contribution in [2.24, 2.45) is 0 Å². The molecule has 0 bridgehead atoms. The number of nitrogens with one attached hydrogen (secondary N) is 1. The summed E-state index contributed by atoms with van der Waals surface area (Å²) >= 11 is 6.14. The molecule has 26 heavy (non-hydrogen) atoms. The van der Waals surface area contributed by atoms with Crippen molar-refractivity contribution in [3.8, 4) is 5.75 Å². The van der Waals surface area contributed by atoms with E-state index in [-0.39, 0.29) is 15.5 Å². The molecule has 0 unspecified atom stereocenters. The van der Waals surface area contributed by atoms with Crippen LogP contribution in [0.3, 0.4) is 0 Å². The van der Waals surface area contributed by atoms with Crippen LogP contribution in [0.1, 0.15) is 23.2 Å². The molecule has 2 aromatic rings. The monoisotopic (exact) mass is 394 g/mol. The molecule has 1 aliphatic heterocycles. The van der Waals surface area contributed by atoms with Crippen LogP contribution in [-0.4, -0.2) is 38.8 Å². The second kappa shape index (κ2) is 7.65. The van der Waals surface area contributed by atoms with E-state index in [4.69, 9.17) is 16.3 Å². The Hall–Kier alpha value is -2.09. The molecule has 1 saturated heterocycles. The Morgan fingerprint density at radius 3 is 2.54 bits per heavy atom. The van der Waals surface area contributed by atoms with Gasteiger partial charge in [0.15, 0.2) is 0 Å². The molecule has 0 aliphatic carbocycles. The van der Waals surface area contributed by atoms with E-state index in [1.165, 1.54) is 29.6 Å². The maximum absolute atomic E-state index is 12.7. The summed E-state index contributed by atoms with van der Waals surface area (Å²) in [5.41, 5.74) is 0.571. The third-order valence-electron chi connectivity index (χ3n) is 4.24. The molecule has 2 aromatic carbocycles. The predicted octanol–water partition coefficient (Wildman–Crippen LogP) is 3.39. The van der Waals surface area contributed by atoms with Crippen molar-refractivity contribution < 1.29 is 17.9 Å². The molecule has 8 heteroatoms. The number of sulfonamides is 1. The molecule has 1 fully saturated rings. The first-order valence-corrected chi connectivity index (χ1v) is 9.99. The van der Waals surface area contributed by atoms with E-state index >= 15 is 0 Å². The number of rotatable bonds is 5. The number of hydrogen-bond donors (Lipinski definition) is 1. The maximum atomic E-state index is 12.7. The number of carbonyl (C=O) groups excluding carboxylic acids is 1. The molecule has 1 aliphatic rings. The lowest BCUT2D eigenvalue weighted by molar-refractivity contribution is 0.102. The van der Waals surface area contributed by atoms with Gasteiger partial charge in [-0.15, -0.1) is 0 Å². The number of halogens is 1. The van der Waals surface area contributed by atoms with Crippen molar-refractivity contribution in [2.45, 2.75) is 17.7 Å². The summed E-state index contributed by atoms with van der Waals surface area (Å²) in [6.45, 7) is 0.988. The van der Waals surface area contributed by atoms with E-state index in [9.17, 15) is 13.2 Å². The molecule has 0 atom stereocenters. The molecule has 0 spiro atoms. The molecule has 6 nitrogen and oxygen atoms in total. The van der Waals surface area contributed by atoms with E-state index in [0.29, 0.717) is 24.5 Å². The lowest BCUT2D eigenvalue weighted by Gasteiger charge is -2.16. The topological polar surface area (TPSA) is 75.7 Å². The summed E-state index contributed by atoms with van der Waals surface area (Å²) in [5.74, 6) is -0.00390. The number of nitrogens with zero attached hydrogens (tertiary/aromatic N) is 1. The van der Waals surface area contributed by atoms with E-state index in [0.717, 1.165) is 12.8 Å². The van der Waals surface area contributed by atoms with Crippen LogP contribution >= 0.6 is 11.6 Å². The van der Waals surface area contributed by atoms with Gasteiger partial charge in [-0.2, -0.15) is 4.31 Å². The van der Waals surface area contributed by atoms with Crippen molar-refractivity contribution in [2.75, 3.05) is 25.5 Å². The molecule has 138 valence electrons. The number of carbonyl (C=O) groups is 1. The van der Waals surface area contributed by atoms with Gasteiger partial charge in [0, 0.05) is 13.1 Å². The molecule has 3 rings (SSSR count). The van der Waals surface area contributed by atoms with Crippen molar-refractivity contribution in [1.82, 2.24) is 4.31 Å². The van der Waals surface area contributed by atoms with Gasteiger partial charge in [-0.25, -0.2) is 8.42 Å². The van der Waals surface area contributed by atoms with Crippen LogP contribution in [-0.2, 0) is 10.0 Å². The van der Waals surface area contributed by atoms with Crippen LogP contribution in [0.2, 0.25) is 5.02 Å². The second-order valence-electron chi connectivity index (χ2n) is 5.91. The summed E-state index contributed by atoms with van der Waals surface area (Å²) in [6.07, 6.45) is 1.68. The average Bonchev–Trinajstić information content (AvgIpc) is 3.18. The van der Waals surface area contributed by atoms with Crippen LogP contribution < -0.4 is 10.1 Å². The fraction of sp³-hybridized carbons (Fsp3) is 0.278. The zero-order chi connectivity index (χ0) is 18.7. The Morgan fingerprint density at radius 2 is 1.85 bits per heavy atom. The molecule has 1 amide bonds. The van der Waals surface area contributed by atoms with Crippen molar-refractivity contribution in [3.63, 3.8) is 0 Å². The van der Waals surface area contributed by atoms with Crippen LogP contribution in [0.25, 0.3) is 0 Å². The second-order valence-corrected chi connectivity index (χ2v) is 8.25. The van der Waals surface area contributed by atoms with E-state index < -0.39 is 15.9 Å². The lowest BCUT2D eigenvalue weighted by Crippen LogP contribution is -2.28. The summed E-state index contributed by atoms with van der Waals surface area (Å²) < 4.78 is 32.1. The Labute approximate surface area is 157 Å². The Morgan fingerprint density at radius 1 is 1.15 bits per heavy atom. The number of para-hydroxylation sites is 2. The van der Waals surface area contributed by atoms with Gasteiger partial charge in [0.1, 0.15) is 5.75 Å². The van der Waals surface area contributed by atoms with Gasteiger partial charge >= 0.3 is 0 Å². The number of ether oxygens (including phenoxy) is 1. The molecule has 0 saturated carbocycles. The zero-order valence-electron chi connectivity index (χ0n) is 14.2. The van der Waals surface area contributed by atoms with Crippen molar-refractivity contribution in [3.05, 3.63) is 53.1 Å². The number of benzene rings is 2. The summed E-state index contributed by atoms with van der Waals surface area (Å²) in [4.78, 5) is 12.7. The molecular formula is C18H19ClN2O4S. The largest absolute Gasteiger partial charge is 0.495 e. The third-order valence-corrected chi connectivity index (χ3v) is 6.46. The lowest BCUT2D eigenvalue weighted by atomic mass is 10.2. The highest BCUT2D eigenvalue weighted by Gasteiger charge is 2.28. The smallest absolute Gasteiger partial charge is 0.257 e. The highest BCUT2D eigenvalue weighted by Crippen LogP contribution is 2.28. The predicted molar refractivity (Wildman–Crippen MR) is 100 cm³/mol. The molecule has 0 radical (unpaired) electrons. The molecular weight excluding hydrogens is 376 g/mol. The normalized spacial score (nSPS) is 15.0. The molecule has 0 aromatic heterocycles. The number of methoxy groups -OCH3 is 1. The van der Waals surface area contributed by atoms with Crippen molar-refractivity contribution >= 4 is 33.2 Å². The van der Waals surface area contributed by atoms with Crippen molar-refractivity contribution in [1.29, 1.82) is 0 Å². The Balaban J connectivity index is 1.91. The number of anilines is 1. The van der Waals surface area contributed by atoms with Crippen LogP contribution in [0.15, 0.2) is 47.4 Å². The van der Waals surface area contributed by atoms with Crippen LogP contribution in [0.5, 0.6) is 5.75 Å². The summed E-state index contributed by atoms with van der Waals surface area (Å²) in [6, 6.07) is 11.1. The third kappa shape index (κ3) is 3.70. The SMILES string of the molecule is COc1ccccc1NC(=O)c1cc(S(=O)(=O)N2CCCC2)ccc1Cl. The minimum atomic E-state index is -3.63. The minimum Gasteiger partial charge on any atom is -0.495 e. The Bertz CT molecular complexity index is 925. The van der Waals surface area contributed by atoms with Gasteiger partial charge < -0.3 is 10.1 Å². The maximum Gasteiger partial charge on any atom is 0.257 e. The fourth-order valence-corrected chi connectivity index (χ4v) is 4.60. The Kier molecular flexibility index (Phi) is 5.50. The van der Waals surface area contributed by atoms with Gasteiger partial charge in [0.25, 0.3) is 5.91 Å². The number of hydrogen-bond acceptors (Lipinski definition) is 4. The molecule has 1 heterocycles. The highest BCUT2D eigenvalue weighted by molar-refractivity contribution is 7.89. The summed E-state index contributed by atoms with van der Waals surface area (Å²) in [7, 11) is -2.13. The summed E-state index contributed by atoms with van der Waals surface area (Å²) in [5, 5.41) is 2.89. The van der Waals surface area contributed by atoms with Crippen LogP contribution in [0, 0.1) is 0 Å². The standard InChI is InChI=1S/C18H19ClN2O4S/c1-25-17-7-3-2-6-16(17)20-18(22)14-12-13(8-9-15(14)19)26(23,24)21-10-4-5-11-21/h2-3,6-9,12H,4-5,10-11H2,1H3,(H,20,22). The minimum absolute atomic E-state index is 0.0639. The first-order valence-electron chi connectivity index (χ1n) is 8.17. The van der Waals surface area contributed by atoms with Gasteiger partial charge in [0.2, 0.25) is 10.0 Å². The molecule has 1 N–H and O–H groups in total. The van der Waals surface area contributed by atoms with Gasteiger partial charge in [-0.3, -0.25) is 4.79 Å². The van der Waals surface area contributed by atoms with Crippen LogP contribution in [0.4, 0.5) is 5.69 Å². The zero-order valence-corrected chi connectivity index (χ0v) is 15.8. The van der Waals surface area contributed by atoms with E-state index in [1.54, 1.807) is 24.3 Å². The van der Waals surface area contributed by atoms with Gasteiger partial charge in [-0.1, -0.05) is 23.7 Å². The van der Waals surface area contributed by atoms with Gasteiger partial charge in [0.05, 0.1) is 28.3 Å². The highest BCUT2D eigenvalue weighted by atomic mass is 35.5. The van der Waals surface area contributed by atoms with E-state index in [1.807, 2.05) is 0 Å². The average molecular weight is 395 g/mol. The first kappa shape index (κ1) is 18.7. The van der Waals surface area contributed by atoms with Gasteiger partial charge in [-0.05, 0) is 43.2 Å².